The van der Waals surface area contributed by atoms with Gasteiger partial charge in [0, 0.05) is 39.8 Å². The smallest absolute Gasteiger partial charge is 0.243 e. The molecular weight excluding hydrogens is 382 g/mol. The number of benzene rings is 1. The standard InChI is InChI=1S/C19H25N3O3S2/c1-16-3-5-18(6-4-16)27(24,25)22-10-8-21(9-11-22)14-19(23)20(2)13-17-7-12-26-15-17/h3-7,12,15H,8-11,13-14H2,1-2H3. The fraction of sp³-hybridized carbons (Fsp3) is 0.421. The van der Waals surface area contributed by atoms with Crippen LogP contribution in [0.1, 0.15) is 11.1 Å². The highest BCUT2D eigenvalue weighted by Crippen LogP contribution is 2.18. The number of amides is 1. The van der Waals surface area contributed by atoms with Crippen LogP contribution in [0.25, 0.3) is 0 Å². The largest absolute Gasteiger partial charge is 0.340 e. The summed E-state index contributed by atoms with van der Waals surface area (Å²) in [4.78, 5) is 16.5. The van der Waals surface area contributed by atoms with E-state index < -0.39 is 10.0 Å². The molecule has 1 saturated heterocycles. The SMILES string of the molecule is Cc1ccc(S(=O)(=O)N2CCN(CC(=O)N(C)Cc3ccsc3)CC2)cc1. The van der Waals surface area contributed by atoms with Gasteiger partial charge in [-0.15, -0.1) is 0 Å². The summed E-state index contributed by atoms with van der Waals surface area (Å²) < 4.78 is 27.0. The minimum atomic E-state index is -3.47. The second-order valence-electron chi connectivity index (χ2n) is 6.87. The van der Waals surface area contributed by atoms with Gasteiger partial charge >= 0.3 is 0 Å². The molecule has 6 nitrogen and oxygen atoms in total. The Bertz CT molecular complexity index is 856. The van der Waals surface area contributed by atoms with Crippen molar-refractivity contribution in [1.82, 2.24) is 14.1 Å². The molecule has 1 aliphatic rings. The third-order valence-corrected chi connectivity index (χ3v) is 7.42. The van der Waals surface area contributed by atoms with E-state index >= 15 is 0 Å². The predicted octanol–water partition coefficient (Wildman–Crippen LogP) is 2.02. The van der Waals surface area contributed by atoms with Gasteiger partial charge in [-0.3, -0.25) is 9.69 Å². The molecule has 0 atom stereocenters. The van der Waals surface area contributed by atoms with E-state index in [4.69, 9.17) is 0 Å². The van der Waals surface area contributed by atoms with Crippen molar-refractivity contribution in [2.75, 3.05) is 39.8 Å². The van der Waals surface area contributed by atoms with Crippen LogP contribution in [-0.2, 0) is 21.4 Å². The summed E-state index contributed by atoms with van der Waals surface area (Å²) in [6, 6.07) is 8.94. The molecule has 1 aromatic carbocycles. The monoisotopic (exact) mass is 407 g/mol. The number of sulfonamides is 1. The van der Waals surface area contributed by atoms with Crippen LogP contribution in [-0.4, -0.2) is 68.2 Å². The van der Waals surface area contributed by atoms with Crippen molar-refractivity contribution in [1.29, 1.82) is 0 Å². The number of carbonyl (C=O) groups is 1. The summed E-state index contributed by atoms with van der Waals surface area (Å²) in [7, 11) is -1.67. The quantitative estimate of drug-likeness (QED) is 0.735. The van der Waals surface area contributed by atoms with E-state index in [1.807, 2.05) is 40.8 Å². The maximum atomic E-state index is 12.7. The second kappa shape index (κ2) is 8.52. The van der Waals surface area contributed by atoms with Crippen molar-refractivity contribution in [3.63, 3.8) is 0 Å². The first-order valence-corrected chi connectivity index (χ1v) is 11.3. The summed E-state index contributed by atoms with van der Waals surface area (Å²) in [5, 5.41) is 4.04. The van der Waals surface area contributed by atoms with E-state index in [1.165, 1.54) is 4.31 Å². The van der Waals surface area contributed by atoms with Gasteiger partial charge in [0.1, 0.15) is 0 Å². The number of hydrogen-bond donors (Lipinski definition) is 0. The molecule has 1 amide bonds. The Labute approximate surface area is 165 Å². The van der Waals surface area contributed by atoms with Gasteiger partial charge in [-0.25, -0.2) is 8.42 Å². The van der Waals surface area contributed by atoms with E-state index in [0.29, 0.717) is 44.2 Å². The van der Waals surface area contributed by atoms with Crippen molar-refractivity contribution in [2.24, 2.45) is 0 Å². The third-order valence-electron chi connectivity index (χ3n) is 4.77. The summed E-state index contributed by atoms with van der Waals surface area (Å²) in [6.07, 6.45) is 0. The van der Waals surface area contributed by atoms with E-state index in [0.717, 1.165) is 11.1 Å². The zero-order valence-electron chi connectivity index (χ0n) is 15.7. The average molecular weight is 408 g/mol. The highest BCUT2D eigenvalue weighted by Gasteiger charge is 2.29. The molecular formula is C19H25N3O3S2. The lowest BCUT2D eigenvalue weighted by molar-refractivity contribution is -0.131. The lowest BCUT2D eigenvalue weighted by Gasteiger charge is -2.34. The van der Waals surface area contributed by atoms with Crippen molar-refractivity contribution >= 4 is 27.3 Å². The van der Waals surface area contributed by atoms with Crippen LogP contribution in [0, 0.1) is 6.92 Å². The van der Waals surface area contributed by atoms with Crippen LogP contribution in [0.3, 0.4) is 0 Å². The summed E-state index contributed by atoms with van der Waals surface area (Å²) in [6.45, 7) is 4.77. The normalized spacial score (nSPS) is 16.4. The van der Waals surface area contributed by atoms with E-state index in [1.54, 1.807) is 35.4 Å². The van der Waals surface area contributed by atoms with Crippen LogP contribution in [0.15, 0.2) is 46.0 Å². The molecule has 0 spiro atoms. The Kier molecular flexibility index (Phi) is 6.31. The fourth-order valence-corrected chi connectivity index (χ4v) is 5.13. The Morgan fingerprint density at radius 3 is 2.37 bits per heavy atom. The molecule has 1 aliphatic heterocycles. The second-order valence-corrected chi connectivity index (χ2v) is 9.59. The van der Waals surface area contributed by atoms with Gasteiger partial charge in [0.05, 0.1) is 11.4 Å². The number of rotatable bonds is 6. The molecule has 146 valence electrons. The molecule has 0 bridgehead atoms. The highest BCUT2D eigenvalue weighted by molar-refractivity contribution is 7.89. The Morgan fingerprint density at radius 2 is 1.78 bits per heavy atom. The topological polar surface area (TPSA) is 60.9 Å². The van der Waals surface area contributed by atoms with E-state index in [9.17, 15) is 13.2 Å². The van der Waals surface area contributed by atoms with Crippen molar-refractivity contribution in [3.05, 3.63) is 52.2 Å². The lowest BCUT2D eigenvalue weighted by Crippen LogP contribution is -2.51. The van der Waals surface area contributed by atoms with Crippen molar-refractivity contribution < 1.29 is 13.2 Å². The predicted molar refractivity (Wildman–Crippen MR) is 107 cm³/mol. The van der Waals surface area contributed by atoms with Gasteiger partial charge in [0.2, 0.25) is 15.9 Å². The molecule has 0 N–H and O–H groups in total. The number of carbonyl (C=O) groups excluding carboxylic acids is 1. The van der Waals surface area contributed by atoms with Gasteiger partial charge in [-0.05, 0) is 41.4 Å². The first-order chi connectivity index (χ1) is 12.9. The number of aryl methyl sites for hydroxylation is 1. The van der Waals surface area contributed by atoms with Crippen LogP contribution < -0.4 is 0 Å². The fourth-order valence-electron chi connectivity index (χ4n) is 3.04. The highest BCUT2D eigenvalue weighted by atomic mass is 32.2. The Hall–Kier alpha value is -1.74. The van der Waals surface area contributed by atoms with Crippen LogP contribution in [0.5, 0.6) is 0 Å². The maximum absolute atomic E-state index is 12.7. The third kappa shape index (κ3) is 4.95. The zero-order chi connectivity index (χ0) is 19.4. The van der Waals surface area contributed by atoms with Crippen LogP contribution >= 0.6 is 11.3 Å². The molecule has 2 heterocycles. The van der Waals surface area contributed by atoms with Gasteiger partial charge in [0.15, 0.2) is 0 Å². The maximum Gasteiger partial charge on any atom is 0.243 e. The number of piperazine rings is 1. The van der Waals surface area contributed by atoms with E-state index in [2.05, 4.69) is 0 Å². The first kappa shape index (κ1) is 20.0. The Balaban J connectivity index is 1.52. The number of likely N-dealkylation sites (N-methyl/N-ethyl adjacent to an activating group) is 1. The summed E-state index contributed by atoms with van der Waals surface area (Å²) in [5.74, 6) is 0.0519. The molecule has 0 radical (unpaired) electrons. The van der Waals surface area contributed by atoms with Gasteiger partial charge in [-0.2, -0.15) is 15.6 Å². The summed E-state index contributed by atoms with van der Waals surface area (Å²) in [5.41, 5.74) is 2.16. The molecule has 1 aromatic heterocycles. The van der Waals surface area contributed by atoms with Crippen molar-refractivity contribution in [3.8, 4) is 0 Å². The minimum absolute atomic E-state index is 0.0519. The zero-order valence-corrected chi connectivity index (χ0v) is 17.3. The molecule has 3 rings (SSSR count). The van der Waals surface area contributed by atoms with Gasteiger partial charge < -0.3 is 4.90 Å². The van der Waals surface area contributed by atoms with Crippen molar-refractivity contribution in [2.45, 2.75) is 18.4 Å². The van der Waals surface area contributed by atoms with E-state index in [-0.39, 0.29) is 5.91 Å². The molecule has 0 saturated carbocycles. The first-order valence-electron chi connectivity index (χ1n) is 8.90. The molecule has 1 fully saturated rings. The number of hydrogen-bond acceptors (Lipinski definition) is 5. The number of thiophene rings is 1. The molecule has 0 aliphatic carbocycles. The molecule has 8 heteroatoms. The molecule has 27 heavy (non-hydrogen) atoms. The lowest BCUT2D eigenvalue weighted by atomic mass is 10.2. The van der Waals surface area contributed by atoms with Gasteiger partial charge in [0.25, 0.3) is 0 Å². The molecule has 0 unspecified atom stereocenters. The van der Waals surface area contributed by atoms with Crippen LogP contribution in [0.4, 0.5) is 0 Å². The number of nitrogens with zero attached hydrogens (tertiary/aromatic N) is 3. The van der Waals surface area contributed by atoms with Crippen LogP contribution in [0.2, 0.25) is 0 Å². The minimum Gasteiger partial charge on any atom is -0.340 e. The Morgan fingerprint density at radius 1 is 1.11 bits per heavy atom. The van der Waals surface area contributed by atoms with Gasteiger partial charge in [-0.1, -0.05) is 17.7 Å². The molecule has 2 aromatic rings. The summed E-state index contributed by atoms with van der Waals surface area (Å²) >= 11 is 1.62. The average Bonchev–Trinajstić information content (AvgIpc) is 3.15.